The normalized spacial score (nSPS) is 17.7. The second-order valence-corrected chi connectivity index (χ2v) is 8.68. The van der Waals surface area contributed by atoms with Crippen LogP contribution in [0.5, 0.6) is 5.75 Å². The summed E-state index contributed by atoms with van der Waals surface area (Å²) in [5.41, 5.74) is 1.09. The van der Waals surface area contributed by atoms with Gasteiger partial charge in [-0.2, -0.15) is 0 Å². The Morgan fingerprint density at radius 3 is 2.46 bits per heavy atom. The molecule has 0 unspecified atom stereocenters. The molecule has 1 heterocycles. The molecule has 1 aromatic carbocycles. The largest absolute Gasteiger partial charge is 0.497 e. The fraction of sp³-hybridized carbons (Fsp3) is 0.545. The zero-order chi connectivity index (χ0) is 20.9. The number of nitrogens with one attached hydrogen (secondary N) is 1. The van der Waals surface area contributed by atoms with Crippen molar-refractivity contribution in [1.82, 2.24) is 10.2 Å². The summed E-state index contributed by atoms with van der Waals surface area (Å²) < 4.78 is 10.4. The lowest BCUT2D eigenvalue weighted by Crippen LogP contribution is -2.40. The minimum absolute atomic E-state index is 0.0538. The summed E-state index contributed by atoms with van der Waals surface area (Å²) in [6.45, 7) is 10.6. The van der Waals surface area contributed by atoms with Gasteiger partial charge in [0, 0.05) is 30.6 Å². The minimum atomic E-state index is -0.518. The summed E-state index contributed by atoms with van der Waals surface area (Å²) in [5.74, 6) is 0.854. The van der Waals surface area contributed by atoms with Gasteiger partial charge in [0.05, 0.1) is 7.11 Å². The molecule has 0 bridgehead atoms. The quantitative estimate of drug-likeness (QED) is 0.590. The van der Waals surface area contributed by atoms with E-state index in [1.807, 2.05) is 56.0 Å². The third kappa shape index (κ3) is 6.01. The van der Waals surface area contributed by atoms with Crippen molar-refractivity contribution in [1.29, 1.82) is 0 Å². The number of benzene rings is 1. The molecular formula is C22H32N2O4. The maximum Gasteiger partial charge on any atom is 0.407 e. The van der Waals surface area contributed by atoms with Gasteiger partial charge in [0.2, 0.25) is 5.91 Å². The number of alkyl carbamates (subject to hydrolysis) is 1. The van der Waals surface area contributed by atoms with E-state index in [2.05, 4.69) is 19.2 Å². The van der Waals surface area contributed by atoms with Gasteiger partial charge < -0.3 is 19.7 Å². The lowest BCUT2D eigenvalue weighted by Gasteiger charge is -2.31. The molecule has 6 heteroatoms. The molecule has 0 saturated carbocycles. The molecule has 154 valence electrons. The summed E-state index contributed by atoms with van der Waals surface area (Å²) in [5, 5.41) is 2.72. The molecule has 2 rings (SSSR count). The SMILES string of the molecule is COc1ccc(CN2C(=O)/C(=C\CCNC(=O)OC(C)(C)C)CC2(C)C)cc1. The molecule has 0 aliphatic carbocycles. The number of hydrogen-bond donors (Lipinski definition) is 1. The number of amides is 2. The van der Waals surface area contributed by atoms with E-state index in [0.717, 1.165) is 16.9 Å². The van der Waals surface area contributed by atoms with Gasteiger partial charge in [0.15, 0.2) is 0 Å². The van der Waals surface area contributed by atoms with Gasteiger partial charge in [0.25, 0.3) is 0 Å². The lowest BCUT2D eigenvalue weighted by atomic mass is 9.99. The third-order valence-electron chi connectivity index (χ3n) is 4.58. The van der Waals surface area contributed by atoms with E-state index in [1.54, 1.807) is 7.11 Å². The molecule has 1 aromatic rings. The van der Waals surface area contributed by atoms with Crippen LogP contribution >= 0.6 is 0 Å². The fourth-order valence-corrected chi connectivity index (χ4v) is 3.18. The number of nitrogens with zero attached hydrogens (tertiary/aromatic N) is 1. The molecule has 28 heavy (non-hydrogen) atoms. The molecule has 1 N–H and O–H groups in total. The average molecular weight is 389 g/mol. The molecule has 1 aliphatic heterocycles. The monoisotopic (exact) mass is 388 g/mol. The maximum absolute atomic E-state index is 12.9. The van der Waals surface area contributed by atoms with Crippen molar-refractivity contribution in [3.8, 4) is 5.75 Å². The van der Waals surface area contributed by atoms with Crippen LogP contribution in [-0.4, -0.2) is 41.7 Å². The van der Waals surface area contributed by atoms with Crippen LogP contribution in [0, 0.1) is 0 Å². The van der Waals surface area contributed by atoms with Gasteiger partial charge in [-0.1, -0.05) is 18.2 Å². The Bertz CT molecular complexity index is 730. The number of likely N-dealkylation sites (tertiary alicyclic amines) is 1. The van der Waals surface area contributed by atoms with Crippen LogP contribution in [0.15, 0.2) is 35.9 Å². The molecule has 1 fully saturated rings. The topological polar surface area (TPSA) is 67.9 Å². The number of ether oxygens (including phenoxy) is 2. The highest BCUT2D eigenvalue weighted by molar-refractivity contribution is 5.96. The van der Waals surface area contributed by atoms with Crippen molar-refractivity contribution >= 4 is 12.0 Å². The third-order valence-corrected chi connectivity index (χ3v) is 4.58. The van der Waals surface area contributed by atoms with E-state index in [-0.39, 0.29) is 11.4 Å². The van der Waals surface area contributed by atoms with E-state index in [0.29, 0.717) is 25.9 Å². The Morgan fingerprint density at radius 1 is 1.25 bits per heavy atom. The highest BCUT2D eigenvalue weighted by Crippen LogP contribution is 2.35. The molecule has 0 atom stereocenters. The molecule has 0 radical (unpaired) electrons. The van der Waals surface area contributed by atoms with Crippen molar-refractivity contribution in [3.05, 3.63) is 41.5 Å². The second-order valence-electron chi connectivity index (χ2n) is 8.68. The Labute approximate surface area is 167 Å². The Kier molecular flexibility index (Phi) is 6.75. The van der Waals surface area contributed by atoms with Crippen LogP contribution in [0.4, 0.5) is 4.79 Å². The molecule has 0 spiro atoms. The Hall–Kier alpha value is -2.50. The van der Waals surface area contributed by atoms with Gasteiger partial charge in [0.1, 0.15) is 11.4 Å². The zero-order valence-corrected chi connectivity index (χ0v) is 17.8. The van der Waals surface area contributed by atoms with Crippen LogP contribution in [-0.2, 0) is 16.1 Å². The Morgan fingerprint density at radius 2 is 1.89 bits per heavy atom. The predicted molar refractivity (Wildman–Crippen MR) is 109 cm³/mol. The molecule has 1 saturated heterocycles. The van der Waals surface area contributed by atoms with Crippen molar-refractivity contribution in [3.63, 3.8) is 0 Å². The fourth-order valence-electron chi connectivity index (χ4n) is 3.18. The first-order valence-corrected chi connectivity index (χ1v) is 9.62. The van der Waals surface area contributed by atoms with Crippen LogP contribution in [0.3, 0.4) is 0 Å². The predicted octanol–water partition coefficient (Wildman–Crippen LogP) is 4.05. The van der Waals surface area contributed by atoms with Crippen molar-refractivity contribution in [2.75, 3.05) is 13.7 Å². The van der Waals surface area contributed by atoms with Crippen molar-refractivity contribution < 1.29 is 19.1 Å². The van der Waals surface area contributed by atoms with E-state index in [9.17, 15) is 9.59 Å². The summed E-state index contributed by atoms with van der Waals surface area (Å²) >= 11 is 0. The number of carbonyl (C=O) groups excluding carboxylic acids is 2. The van der Waals surface area contributed by atoms with Gasteiger partial charge in [-0.15, -0.1) is 0 Å². The average Bonchev–Trinajstić information content (AvgIpc) is 2.81. The molecule has 1 aliphatic rings. The summed E-state index contributed by atoms with van der Waals surface area (Å²) in [6.07, 6.45) is 2.77. The minimum Gasteiger partial charge on any atom is -0.497 e. The van der Waals surface area contributed by atoms with Gasteiger partial charge in [-0.25, -0.2) is 4.79 Å². The summed E-state index contributed by atoms with van der Waals surface area (Å²) in [4.78, 5) is 26.5. The Balaban J connectivity index is 1.93. The van der Waals surface area contributed by atoms with Crippen molar-refractivity contribution in [2.24, 2.45) is 0 Å². The number of hydrogen-bond acceptors (Lipinski definition) is 4. The number of methoxy groups -OCH3 is 1. The smallest absolute Gasteiger partial charge is 0.407 e. The lowest BCUT2D eigenvalue weighted by molar-refractivity contribution is -0.128. The number of carbonyl (C=O) groups is 2. The van der Waals surface area contributed by atoms with Crippen molar-refractivity contribution in [2.45, 2.75) is 65.1 Å². The molecule has 6 nitrogen and oxygen atoms in total. The summed E-state index contributed by atoms with van der Waals surface area (Å²) in [7, 11) is 1.64. The second kappa shape index (κ2) is 8.67. The van der Waals surface area contributed by atoms with Gasteiger partial charge in [-0.3, -0.25) is 4.79 Å². The first kappa shape index (κ1) is 21.8. The van der Waals surface area contributed by atoms with Crippen LogP contribution in [0.25, 0.3) is 0 Å². The zero-order valence-electron chi connectivity index (χ0n) is 17.8. The van der Waals surface area contributed by atoms with E-state index >= 15 is 0 Å². The molecular weight excluding hydrogens is 356 g/mol. The first-order chi connectivity index (χ1) is 13.0. The maximum atomic E-state index is 12.9. The van der Waals surface area contributed by atoms with Crippen LogP contribution < -0.4 is 10.1 Å². The molecule has 0 aromatic heterocycles. The van der Waals surface area contributed by atoms with E-state index in [1.165, 1.54) is 0 Å². The van der Waals surface area contributed by atoms with Crippen LogP contribution in [0.1, 0.15) is 53.0 Å². The van der Waals surface area contributed by atoms with Gasteiger partial charge in [-0.05, 0) is 58.7 Å². The number of rotatable bonds is 6. The highest BCUT2D eigenvalue weighted by atomic mass is 16.6. The van der Waals surface area contributed by atoms with Crippen LogP contribution in [0.2, 0.25) is 0 Å². The first-order valence-electron chi connectivity index (χ1n) is 9.62. The standard InChI is InChI=1S/C22H32N2O4/c1-21(2,3)28-20(26)23-13-7-8-17-14-22(4,5)24(19(17)25)15-16-9-11-18(27-6)12-10-16/h8-12H,7,13-15H2,1-6H3,(H,23,26)/b17-8-. The molecule has 2 amide bonds. The van der Waals surface area contributed by atoms with Gasteiger partial charge >= 0.3 is 6.09 Å². The summed E-state index contributed by atoms with van der Waals surface area (Å²) in [6, 6.07) is 7.77. The van der Waals surface area contributed by atoms with E-state index < -0.39 is 11.7 Å². The highest BCUT2D eigenvalue weighted by Gasteiger charge is 2.40. The van der Waals surface area contributed by atoms with E-state index in [4.69, 9.17) is 9.47 Å².